The van der Waals surface area contributed by atoms with Crippen molar-refractivity contribution in [2.45, 2.75) is 32.2 Å². The Kier molecular flexibility index (Phi) is 5.17. The Balaban J connectivity index is 1.62. The first-order valence-corrected chi connectivity index (χ1v) is 9.41. The Morgan fingerprint density at radius 2 is 1.97 bits per heavy atom. The average Bonchev–Trinajstić information content (AvgIpc) is 3.17. The number of fused-ring (bicyclic) bond motifs is 1. The minimum atomic E-state index is -0.949. The van der Waals surface area contributed by atoms with Gasteiger partial charge in [-0.25, -0.2) is 4.98 Å². The molecule has 1 aromatic carbocycles. The number of carbonyl (C=O) groups is 2. The lowest BCUT2D eigenvalue weighted by Gasteiger charge is -2.34. The molecular formula is C20H22N4O6. The van der Waals surface area contributed by atoms with Crippen LogP contribution in [0.3, 0.4) is 0 Å². The molecule has 10 nitrogen and oxygen atoms in total. The predicted molar refractivity (Wildman–Crippen MR) is 104 cm³/mol. The third-order valence-electron chi connectivity index (χ3n) is 5.24. The Labute approximate surface area is 172 Å². The second kappa shape index (κ2) is 7.79. The number of aromatic nitrogens is 2. The van der Waals surface area contributed by atoms with Gasteiger partial charge in [0.15, 0.2) is 17.6 Å². The molecule has 30 heavy (non-hydrogen) atoms. The largest absolute Gasteiger partial charge is 0.493 e. The van der Waals surface area contributed by atoms with Crippen molar-refractivity contribution >= 4 is 11.8 Å². The van der Waals surface area contributed by atoms with Crippen LogP contribution in [0.25, 0.3) is 0 Å². The number of amides is 2. The zero-order valence-electron chi connectivity index (χ0n) is 16.9. The van der Waals surface area contributed by atoms with E-state index in [0.717, 1.165) is 0 Å². The number of hydrogen-bond donors (Lipinski definition) is 2. The number of nitrogens with zero attached hydrogens (tertiary/aromatic N) is 2. The van der Waals surface area contributed by atoms with Crippen LogP contribution in [0.1, 0.15) is 28.7 Å². The molecule has 0 unspecified atom stereocenters. The van der Waals surface area contributed by atoms with Crippen LogP contribution >= 0.6 is 0 Å². The van der Waals surface area contributed by atoms with E-state index in [4.69, 9.17) is 14.2 Å². The second-order valence-corrected chi connectivity index (χ2v) is 7.16. The van der Waals surface area contributed by atoms with Crippen molar-refractivity contribution in [2.75, 3.05) is 20.8 Å². The number of carbonyl (C=O) groups excluding carboxylic acids is 2. The smallest absolute Gasteiger partial charge is 0.256 e. The molecule has 0 bridgehead atoms. The molecule has 2 aliphatic heterocycles. The van der Waals surface area contributed by atoms with Crippen LogP contribution < -0.4 is 20.3 Å². The highest BCUT2D eigenvalue weighted by molar-refractivity contribution is 5.86. The maximum absolute atomic E-state index is 13.3. The number of aromatic amines is 1. The minimum Gasteiger partial charge on any atom is -0.493 e. The summed E-state index contributed by atoms with van der Waals surface area (Å²) in [6, 6.07) is 4.44. The summed E-state index contributed by atoms with van der Waals surface area (Å²) < 4.78 is 16.2. The van der Waals surface area contributed by atoms with E-state index in [1.165, 1.54) is 19.1 Å². The average molecular weight is 414 g/mol. The maximum atomic E-state index is 13.3. The fraction of sp³-hybridized carbons (Fsp3) is 0.400. The van der Waals surface area contributed by atoms with Crippen LogP contribution in [0, 0.1) is 6.92 Å². The standard InChI is InChI=1S/C20H22N4O6/c1-10-21-13-8-24(7-12(13)19(26)22-10)20(27)18-17(23-16(25)9-30-18)11-4-5-14(28-2)15(6-11)29-3/h4-6,17-18H,7-9H2,1-3H3,(H,23,25)(H,21,22,26)/t17-,18+/m1/s1. The van der Waals surface area contributed by atoms with E-state index in [0.29, 0.717) is 34.1 Å². The molecule has 1 fully saturated rings. The predicted octanol–water partition coefficient (Wildman–Crippen LogP) is 0.194. The van der Waals surface area contributed by atoms with E-state index < -0.39 is 12.1 Å². The van der Waals surface area contributed by atoms with Crippen LogP contribution in [0.4, 0.5) is 0 Å². The van der Waals surface area contributed by atoms with E-state index in [1.54, 1.807) is 25.1 Å². The summed E-state index contributed by atoms with van der Waals surface area (Å²) in [6.45, 7) is 1.83. The van der Waals surface area contributed by atoms with Gasteiger partial charge >= 0.3 is 0 Å². The van der Waals surface area contributed by atoms with Crippen molar-refractivity contribution < 1.29 is 23.8 Å². The van der Waals surface area contributed by atoms with Gasteiger partial charge in [-0.15, -0.1) is 0 Å². The van der Waals surface area contributed by atoms with Crippen LogP contribution in [-0.4, -0.2) is 53.6 Å². The Morgan fingerprint density at radius 1 is 1.20 bits per heavy atom. The van der Waals surface area contributed by atoms with Crippen molar-refractivity contribution in [3.8, 4) is 11.5 Å². The van der Waals surface area contributed by atoms with Gasteiger partial charge in [0, 0.05) is 0 Å². The number of benzene rings is 1. The summed E-state index contributed by atoms with van der Waals surface area (Å²) >= 11 is 0. The van der Waals surface area contributed by atoms with Crippen molar-refractivity contribution in [3.63, 3.8) is 0 Å². The Hall–Kier alpha value is -3.40. The molecular weight excluding hydrogens is 392 g/mol. The molecule has 0 spiro atoms. The van der Waals surface area contributed by atoms with Gasteiger partial charge in [-0.05, 0) is 24.6 Å². The molecule has 158 valence electrons. The number of morpholine rings is 1. The second-order valence-electron chi connectivity index (χ2n) is 7.16. The van der Waals surface area contributed by atoms with E-state index >= 15 is 0 Å². The summed E-state index contributed by atoms with van der Waals surface area (Å²) in [5, 5.41) is 2.83. The summed E-state index contributed by atoms with van der Waals surface area (Å²) in [5.41, 5.74) is 1.44. The van der Waals surface area contributed by atoms with Gasteiger partial charge in [0.2, 0.25) is 5.91 Å². The van der Waals surface area contributed by atoms with E-state index in [9.17, 15) is 14.4 Å². The van der Waals surface area contributed by atoms with Crippen LogP contribution in [0.2, 0.25) is 0 Å². The number of ether oxygens (including phenoxy) is 3. The monoisotopic (exact) mass is 414 g/mol. The van der Waals surface area contributed by atoms with Gasteiger partial charge in [0.25, 0.3) is 11.5 Å². The van der Waals surface area contributed by atoms with Crippen LogP contribution in [-0.2, 0) is 27.4 Å². The molecule has 2 atom stereocenters. The van der Waals surface area contributed by atoms with Gasteiger partial charge < -0.3 is 29.4 Å². The topological polar surface area (TPSA) is 123 Å². The lowest BCUT2D eigenvalue weighted by atomic mass is 9.98. The first-order chi connectivity index (χ1) is 14.4. The van der Waals surface area contributed by atoms with E-state index in [2.05, 4.69) is 15.3 Å². The molecule has 1 saturated heterocycles. The first-order valence-electron chi connectivity index (χ1n) is 9.41. The molecule has 2 aliphatic rings. The lowest BCUT2D eigenvalue weighted by molar-refractivity contribution is -0.155. The molecule has 2 amide bonds. The SMILES string of the molecule is COc1ccc([C@H]2NC(=O)CO[C@@H]2C(=O)N2Cc3nc(C)[nH]c(=O)c3C2)cc1OC. The summed E-state index contributed by atoms with van der Waals surface area (Å²) in [5.74, 6) is 0.850. The van der Waals surface area contributed by atoms with Crippen molar-refractivity contribution in [3.05, 3.63) is 51.2 Å². The molecule has 4 rings (SSSR count). The third-order valence-corrected chi connectivity index (χ3v) is 5.24. The zero-order chi connectivity index (χ0) is 21.4. The van der Waals surface area contributed by atoms with Crippen LogP contribution in [0.5, 0.6) is 11.5 Å². The number of nitrogens with one attached hydrogen (secondary N) is 2. The van der Waals surface area contributed by atoms with Gasteiger partial charge in [-0.2, -0.15) is 0 Å². The molecule has 0 aliphatic carbocycles. The van der Waals surface area contributed by atoms with E-state index in [1.807, 2.05) is 0 Å². The zero-order valence-corrected chi connectivity index (χ0v) is 16.9. The van der Waals surface area contributed by atoms with Gasteiger partial charge in [0.05, 0.1) is 44.6 Å². The van der Waals surface area contributed by atoms with E-state index in [-0.39, 0.29) is 37.1 Å². The molecule has 0 saturated carbocycles. The van der Waals surface area contributed by atoms with Gasteiger partial charge in [0.1, 0.15) is 12.4 Å². The minimum absolute atomic E-state index is 0.142. The molecule has 3 heterocycles. The first kappa shape index (κ1) is 19.9. The Morgan fingerprint density at radius 3 is 2.70 bits per heavy atom. The van der Waals surface area contributed by atoms with Crippen molar-refractivity contribution in [1.82, 2.24) is 20.2 Å². The number of rotatable bonds is 4. The summed E-state index contributed by atoms with van der Waals surface area (Å²) in [6.07, 6.45) is -0.949. The van der Waals surface area contributed by atoms with Crippen LogP contribution in [0.15, 0.2) is 23.0 Å². The number of H-pyrrole nitrogens is 1. The molecule has 10 heteroatoms. The number of hydrogen-bond acceptors (Lipinski definition) is 7. The fourth-order valence-electron chi connectivity index (χ4n) is 3.80. The molecule has 2 N–H and O–H groups in total. The number of methoxy groups -OCH3 is 2. The van der Waals surface area contributed by atoms with Gasteiger partial charge in [-0.1, -0.05) is 6.07 Å². The number of aryl methyl sites for hydroxylation is 1. The maximum Gasteiger partial charge on any atom is 0.256 e. The Bertz CT molecular complexity index is 1070. The fourth-order valence-corrected chi connectivity index (χ4v) is 3.80. The highest BCUT2D eigenvalue weighted by Gasteiger charge is 2.40. The molecule has 0 radical (unpaired) electrons. The highest BCUT2D eigenvalue weighted by atomic mass is 16.5. The van der Waals surface area contributed by atoms with Gasteiger partial charge in [-0.3, -0.25) is 14.4 Å². The summed E-state index contributed by atoms with van der Waals surface area (Å²) in [7, 11) is 3.03. The normalized spacial score (nSPS) is 20.5. The lowest BCUT2D eigenvalue weighted by Crippen LogP contribution is -2.52. The third kappa shape index (κ3) is 3.50. The quantitative estimate of drug-likeness (QED) is 0.732. The summed E-state index contributed by atoms with van der Waals surface area (Å²) in [4.78, 5) is 46.0. The molecule has 1 aromatic heterocycles. The van der Waals surface area contributed by atoms with Crippen molar-refractivity contribution in [1.29, 1.82) is 0 Å². The highest BCUT2D eigenvalue weighted by Crippen LogP contribution is 2.33. The van der Waals surface area contributed by atoms with Crippen molar-refractivity contribution in [2.24, 2.45) is 0 Å². The molecule has 2 aromatic rings.